The zero-order chi connectivity index (χ0) is 11.8. The first kappa shape index (κ1) is 11.4. The number of nitrogens with one attached hydrogen (secondary N) is 1. The molecule has 88 valence electrons. The zero-order valence-corrected chi connectivity index (χ0v) is 8.44. The van der Waals surface area contributed by atoms with E-state index in [9.17, 15) is 17.6 Å². The summed E-state index contributed by atoms with van der Waals surface area (Å²) in [5, 5.41) is 2.89. The molecule has 16 heavy (non-hydrogen) atoms. The SMILES string of the molecule is Fc1cccc(C(F)(F)F)c1[C@H]1CCCN1. The summed E-state index contributed by atoms with van der Waals surface area (Å²) in [7, 11) is 0. The van der Waals surface area contributed by atoms with Gasteiger partial charge < -0.3 is 5.32 Å². The molecule has 1 atom stereocenters. The zero-order valence-electron chi connectivity index (χ0n) is 8.44. The summed E-state index contributed by atoms with van der Waals surface area (Å²) in [6.45, 7) is 0.635. The van der Waals surface area contributed by atoms with E-state index in [4.69, 9.17) is 0 Å². The van der Waals surface area contributed by atoms with E-state index in [1.54, 1.807) is 0 Å². The van der Waals surface area contributed by atoms with Crippen molar-refractivity contribution in [2.45, 2.75) is 25.1 Å². The molecule has 1 aromatic carbocycles. The fourth-order valence-electron chi connectivity index (χ4n) is 2.07. The van der Waals surface area contributed by atoms with Crippen LogP contribution in [0.3, 0.4) is 0 Å². The Morgan fingerprint density at radius 1 is 1.25 bits per heavy atom. The summed E-state index contributed by atoms with van der Waals surface area (Å²) >= 11 is 0. The maximum absolute atomic E-state index is 13.5. The second-order valence-electron chi connectivity index (χ2n) is 3.85. The minimum absolute atomic E-state index is 0.243. The Morgan fingerprint density at radius 3 is 2.56 bits per heavy atom. The molecular weight excluding hydrogens is 222 g/mol. The maximum Gasteiger partial charge on any atom is 0.416 e. The monoisotopic (exact) mass is 233 g/mol. The summed E-state index contributed by atoms with van der Waals surface area (Å²) in [5.74, 6) is -0.783. The van der Waals surface area contributed by atoms with Crippen molar-refractivity contribution < 1.29 is 17.6 Å². The van der Waals surface area contributed by atoms with Crippen molar-refractivity contribution in [3.8, 4) is 0 Å². The van der Waals surface area contributed by atoms with Gasteiger partial charge in [-0.1, -0.05) is 6.07 Å². The first-order chi connectivity index (χ1) is 7.50. The number of hydrogen-bond donors (Lipinski definition) is 1. The summed E-state index contributed by atoms with van der Waals surface area (Å²) < 4.78 is 51.6. The van der Waals surface area contributed by atoms with Crippen LogP contribution in [0.2, 0.25) is 0 Å². The quantitative estimate of drug-likeness (QED) is 0.734. The van der Waals surface area contributed by atoms with E-state index >= 15 is 0 Å². The van der Waals surface area contributed by atoms with Crippen LogP contribution in [0, 0.1) is 5.82 Å². The van der Waals surface area contributed by atoms with E-state index in [0.717, 1.165) is 24.6 Å². The van der Waals surface area contributed by atoms with Gasteiger partial charge in [0.15, 0.2) is 0 Å². The number of hydrogen-bond acceptors (Lipinski definition) is 1. The molecule has 1 aromatic rings. The third-order valence-electron chi connectivity index (χ3n) is 2.77. The van der Waals surface area contributed by atoms with Crippen molar-refractivity contribution in [3.63, 3.8) is 0 Å². The molecule has 0 bridgehead atoms. The highest BCUT2D eigenvalue weighted by molar-refractivity contribution is 5.34. The summed E-state index contributed by atoms with van der Waals surface area (Å²) in [5.41, 5.74) is -1.11. The molecule has 1 N–H and O–H groups in total. The highest BCUT2D eigenvalue weighted by Gasteiger charge is 2.37. The fourth-order valence-corrected chi connectivity index (χ4v) is 2.07. The van der Waals surface area contributed by atoms with Gasteiger partial charge in [-0.3, -0.25) is 0 Å². The van der Waals surface area contributed by atoms with Crippen LogP contribution in [0.5, 0.6) is 0 Å². The lowest BCUT2D eigenvalue weighted by Gasteiger charge is -2.18. The minimum Gasteiger partial charge on any atom is -0.310 e. The number of halogens is 4. The molecule has 1 nitrogen and oxygen atoms in total. The van der Waals surface area contributed by atoms with Gasteiger partial charge in [0.25, 0.3) is 0 Å². The molecule has 0 aliphatic carbocycles. The first-order valence-corrected chi connectivity index (χ1v) is 5.09. The van der Waals surface area contributed by atoms with Crippen molar-refractivity contribution in [2.24, 2.45) is 0 Å². The fraction of sp³-hybridized carbons (Fsp3) is 0.455. The first-order valence-electron chi connectivity index (χ1n) is 5.09. The van der Waals surface area contributed by atoms with Gasteiger partial charge in [-0.05, 0) is 31.5 Å². The summed E-state index contributed by atoms with van der Waals surface area (Å²) in [4.78, 5) is 0. The van der Waals surface area contributed by atoms with Crippen LogP contribution in [-0.4, -0.2) is 6.54 Å². The number of benzene rings is 1. The molecule has 0 aromatic heterocycles. The maximum atomic E-state index is 13.5. The van der Waals surface area contributed by atoms with Crippen molar-refractivity contribution in [2.75, 3.05) is 6.54 Å². The van der Waals surface area contributed by atoms with Gasteiger partial charge in [-0.2, -0.15) is 13.2 Å². The lowest BCUT2D eigenvalue weighted by Crippen LogP contribution is -2.20. The van der Waals surface area contributed by atoms with Crippen LogP contribution in [0.4, 0.5) is 17.6 Å². The molecule has 0 saturated carbocycles. The van der Waals surface area contributed by atoms with E-state index in [0.29, 0.717) is 13.0 Å². The highest BCUT2D eigenvalue weighted by atomic mass is 19.4. The normalized spacial score (nSPS) is 21.4. The van der Waals surface area contributed by atoms with Crippen LogP contribution >= 0.6 is 0 Å². The van der Waals surface area contributed by atoms with Crippen molar-refractivity contribution >= 4 is 0 Å². The number of rotatable bonds is 1. The van der Waals surface area contributed by atoms with Crippen molar-refractivity contribution in [3.05, 3.63) is 35.1 Å². The van der Waals surface area contributed by atoms with E-state index in [1.807, 2.05) is 0 Å². The van der Waals surface area contributed by atoms with Gasteiger partial charge in [-0.25, -0.2) is 4.39 Å². The minimum atomic E-state index is -4.50. The standard InChI is InChI=1S/C11H11F4N/c12-8-4-1-3-7(11(13,14)15)10(8)9-5-2-6-16-9/h1,3-4,9,16H,2,5-6H2/t9-/m1/s1. The topological polar surface area (TPSA) is 12.0 Å². The Bertz CT molecular complexity index is 380. The molecule has 5 heteroatoms. The third kappa shape index (κ3) is 2.04. The Hall–Kier alpha value is -1.10. The summed E-state index contributed by atoms with van der Waals surface area (Å²) in [6.07, 6.45) is -3.18. The molecular formula is C11H11F4N. The molecule has 0 amide bonds. The van der Waals surface area contributed by atoms with E-state index in [2.05, 4.69) is 5.32 Å². The molecule has 0 unspecified atom stereocenters. The molecule has 2 rings (SSSR count). The third-order valence-corrected chi connectivity index (χ3v) is 2.77. The van der Waals surface area contributed by atoms with Crippen LogP contribution in [0.25, 0.3) is 0 Å². The average molecular weight is 233 g/mol. The average Bonchev–Trinajstić information content (AvgIpc) is 2.68. The Kier molecular flexibility index (Phi) is 2.88. The second-order valence-corrected chi connectivity index (χ2v) is 3.85. The lowest BCUT2D eigenvalue weighted by atomic mass is 9.98. The second kappa shape index (κ2) is 4.05. The Labute approximate surface area is 90.5 Å². The predicted octanol–water partition coefficient (Wildman–Crippen LogP) is 3.27. The molecule has 1 saturated heterocycles. The van der Waals surface area contributed by atoms with Crippen LogP contribution in [-0.2, 0) is 6.18 Å². The Morgan fingerprint density at radius 2 is 2.00 bits per heavy atom. The molecule has 1 aliphatic heterocycles. The smallest absolute Gasteiger partial charge is 0.310 e. The molecule has 0 spiro atoms. The van der Waals surface area contributed by atoms with Crippen molar-refractivity contribution in [1.82, 2.24) is 5.32 Å². The Balaban J connectivity index is 2.48. The van der Waals surface area contributed by atoms with E-state index in [1.165, 1.54) is 0 Å². The van der Waals surface area contributed by atoms with Gasteiger partial charge >= 0.3 is 6.18 Å². The van der Waals surface area contributed by atoms with E-state index in [-0.39, 0.29) is 5.56 Å². The van der Waals surface area contributed by atoms with Crippen LogP contribution in [0.15, 0.2) is 18.2 Å². The largest absolute Gasteiger partial charge is 0.416 e. The predicted molar refractivity (Wildman–Crippen MR) is 51.4 cm³/mol. The van der Waals surface area contributed by atoms with Gasteiger partial charge in [0.05, 0.1) is 5.56 Å². The van der Waals surface area contributed by atoms with Gasteiger partial charge in [0, 0.05) is 11.6 Å². The van der Waals surface area contributed by atoms with E-state index < -0.39 is 23.6 Å². The van der Waals surface area contributed by atoms with Gasteiger partial charge in [0.2, 0.25) is 0 Å². The van der Waals surface area contributed by atoms with Crippen molar-refractivity contribution in [1.29, 1.82) is 0 Å². The van der Waals surface area contributed by atoms with Gasteiger partial charge in [-0.15, -0.1) is 0 Å². The summed E-state index contributed by atoms with van der Waals surface area (Å²) in [6, 6.07) is 2.58. The molecule has 0 radical (unpaired) electrons. The molecule has 1 aliphatic rings. The van der Waals surface area contributed by atoms with Gasteiger partial charge in [0.1, 0.15) is 5.82 Å². The van der Waals surface area contributed by atoms with Crippen LogP contribution < -0.4 is 5.32 Å². The van der Waals surface area contributed by atoms with Crippen LogP contribution in [0.1, 0.15) is 30.0 Å². The molecule has 1 heterocycles. The highest BCUT2D eigenvalue weighted by Crippen LogP contribution is 2.38. The molecule has 1 fully saturated rings. The lowest BCUT2D eigenvalue weighted by molar-refractivity contribution is -0.138. The number of alkyl halides is 3.